The third-order valence-corrected chi connectivity index (χ3v) is 6.58. The molecular weight excluding hydrogens is 486 g/mol. The number of nitrogens with two attached hydrogens (primary N) is 1. The lowest BCUT2D eigenvalue weighted by Gasteiger charge is -2.17. The van der Waals surface area contributed by atoms with E-state index in [1.165, 1.54) is 19.2 Å². The predicted octanol–water partition coefficient (Wildman–Crippen LogP) is 6.85. The van der Waals surface area contributed by atoms with Gasteiger partial charge >= 0.3 is 0 Å². The summed E-state index contributed by atoms with van der Waals surface area (Å²) in [6.07, 6.45) is 6.02. The largest absolute Gasteiger partial charge is 0.489 e. The van der Waals surface area contributed by atoms with Crippen molar-refractivity contribution in [1.29, 1.82) is 5.41 Å². The van der Waals surface area contributed by atoms with E-state index in [0.717, 1.165) is 18.4 Å². The summed E-state index contributed by atoms with van der Waals surface area (Å²) in [4.78, 5) is 8.51. The lowest BCUT2D eigenvalue weighted by atomic mass is 10.0. The van der Waals surface area contributed by atoms with Gasteiger partial charge in [0.1, 0.15) is 41.8 Å². The van der Waals surface area contributed by atoms with Gasteiger partial charge in [0.25, 0.3) is 0 Å². The van der Waals surface area contributed by atoms with Crippen molar-refractivity contribution in [2.24, 2.45) is 0 Å². The smallest absolute Gasteiger partial charge is 0.141 e. The average Bonchev–Trinajstić information content (AvgIpc) is 3.42. The minimum Gasteiger partial charge on any atom is -0.489 e. The second-order valence-corrected chi connectivity index (χ2v) is 9.44. The molecule has 0 spiro atoms. The van der Waals surface area contributed by atoms with Gasteiger partial charge in [-0.3, -0.25) is 5.41 Å². The molecule has 5 rings (SSSR count). The maximum atomic E-state index is 8.81. The molecule has 1 fully saturated rings. The van der Waals surface area contributed by atoms with Crippen LogP contribution in [0, 0.1) is 5.41 Å². The van der Waals surface area contributed by atoms with Gasteiger partial charge in [0.15, 0.2) is 0 Å². The van der Waals surface area contributed by atoms with E-state index in [-0.39, 0.29) is 11.5 Å². The lowest BCUT2D eigenvalue weighted by Crippen LogP contribution is -2.20. The Balaban J connectivity index is 1.25. The van der Waals surface area contributed by atoms with Gasteiger partial charge in [0, 0.05) is 22.7 Å². The van der Waals surface area contributed by atoms with Crippen molar-refractivity contribution >= 4 is 28.9 Å². The summed E-state index contributed by atoms with van der Waals surface area (Å²) in [6, 6.07) is 22.7. The number of benzene rings is 3. The highest BCUT2D eigenvalue weighted by molar-refractivity contribution is 6.30. The Labute approximate surface area is 221 Å². The number of aromatic nitrogens is 2. The van der Waals surface area contributed by atoms with Crippen molar-refractivity contribution in [3.05, 3.63) is 101 Å². The Morgan fingerprint density at radius 1 is 0.946 bits per heavy atom. The van der Waals surface area contributed by atoms with Crippen LogP contribution in [0.3, 0.4) is 0 Å². The molecule has 1 heterocycles. The topological polar surface area (TPSA) is 106 Å². The summed E-state index contributed by atoms with van der Waals surface area (Å²) in [6.45, 7) is 0.432. The molecular formula is C29H28ClN5O2. The van der Waals surface area contributed by atoms with Gasteiger partial charge in [-0.2, -0.15) is 0 Å². The van der Waals surface area contributed by atoms with Crippen LogP contribution in [0.5, 0.6) is 17.2 Å². The predicted molar refractivity (Wildman–Crippen MR) is 147 cm³/mol. The average molecular weight is 514 g/mol. The van der Waals surface area contributed by atoms with Crippen LogP contribution in [0.2, 0.25) is 5.02 Å². The summed E-state index contributed by atoms with van der Waals surface area (Å²) in [5.74, 6) is 2.90. The fraction of sp³-hybridized carbons (Fsp3) is 0.207. The van der Waals surface area contributed by atoms with Gasteiger partial charge in [0.05, 0.1) is 11.3 Å². The second kappa shape index (κ2) is 11.3. The number of halogens is 1. The molecule has 0 aliphatic heterocycles. The molecule has 8 heteroatoms. The molecule has 1 aliphatic rings. The summed E-state index contributed by atoms with van der Waals surface area (Å²) in [5.41, 5.74) is 8.69. The van der Waals surface area contributed by atoms with Gasteiger partial charge in [-0.05, 0) is 66.9 Å². The summed E-state index contributed by atoms with van der Waals surface area (Å²) >= 11 is 5.95. The zero-order valence-corrected chi connectivity index (χ0v) is 21.0. The van der Waals surface area contributed by atoms with E-state index in [0.29, 0.717) is 51.9 Å². The fourth-order valence-corrected chi connectivity index (χ4v) is 4.49. The van der Waals surface area contributed by atoms with Gasteiger partial charge in [-0.15, -0.1) is 0 Å². The molecule has 4 aromatic rings. The number of nitrogens with one attached hydrogen (secondary N) is 2. The fourth-order valence-electron chi connectivity index (χ4n) is 4.36. The molecule has 1 aromatic heterocycles. The lowest BCUT2D eigenvalue weighted by molar-refractivity contribution is 0.304. The molecule has 0 saturated heterocycles. The van der Waals surface area contributed by atoms with Gasteiger partial charge in [-0.25, -0.2) is 9.97 Å². The quantitative estimate of drug-likeness (QED) is 0.211. The SMILES string of the molecule is N=C(c1ccc(Oc2cccc(OCc3ccc(Cl)cc3)c2)cc1)c1c(N)ncnc1NC1CCCC1. The van der Waals surface area contributed by atoms with Crippen LogP contribution in [0.4, 0.5) is 11.6 Å². The Morgan fingerprint density at radius 2 is 1.68 bits per heavy atom. The molecule has 7 nitrogen and oxygen atoms in total. The molecule has 4 N–H and O–H groups in total. The van der Waals surface area contributed by atoms with Crippen LogP contribution < -0.4 is 20.5 Å². The molecule has 0 bridgehead atoms. The minimum atomic E-state index is 0.266. The first kappa shape index (κ1) is 24.6. The van der Waals surface area contributed by atoms with Crippen molar-refractivity contribution in [2.45, 2.75) is 38.3 Å². The highest BCUT2D eigenvalue weighted by atomic mass is 35.5. The number of hydrogen-bond donors (Lipinski definition) is 3. The molecule has 1 aliphatic carbocycles. The van der Waals surface area contributed by atoms with E-state index in [9.17, 15) is 0 Å². The number of ether oxygens (including phenoxy) is 2. The molecule has 3 aromatic carbocycles. The summed E-state index contributed by atoms with van der Waals surface area (Å²) in [5, 5.41) is 13.0. The van der Waals surface area contributed by atoms with Crippen molar-refractivity contribution < 1.29 is 9.47 Å². The number of nitrogen functional groups attached to an aromatic ring is 1. The molecule has 0 atom stereocenters. The third-order valence-electron chi connectivity index (χ3n) is 6.33. The van der Waals surface area contributed by atoms with Crippen LogP contribution in [0.25, 0.3) is 0 Å². The van der Waals surface area contributed by atoms with Crippen LogP contribution in [-0.4, -0.2) is 21.7 Å². The highest BCUT2D eigenvalue weighted by Crippen LogP contribution is 2.29. The highest BCUT2D eigenvalue weighted by Gasteiger charge is 2.21. The Morgan fingerprint density at radius 3 is 2.43 bits per heavy atom. The van der Waals surface area contributed by atoms with Gasteiger partial charge in [-0.1, -0.05) is 42.6 Å². The van der Waals surface area contributed by atoms with Crippen LogP contribution in [0.1, 0.15) is 42.4 Å². The summed E-state index contributed by atoms with van der Waals surface area (Å²) < 4.78 is 11.9. The second-order valence-electron chi connectivity index (χ2n) is 9.00. The monoisotopic (exact) mass is 513 g/mol. The number of hydrogen-bond acceptors (Lipinski definition) is 7. The standard InChI is InChI=1S/C29H28ClN5O2/c30-21-12-8-19(9-13-21)17-36-24-6-3-7-25(16-24)37-23-14-10-20(11-15-23)27(31)26-28(32)33-18-34-29(26)35-22-4-1-2-5-22/h3,6-16,18,22,31H,1-2,4-5,17H2,(H3,32,33,34,35). The molecule has 0 unspecified atom stereocenters. The molecule has 0 amide bonds. The van der Waals surface area contributed by atoms with Crippen molar-refractivity contribution in [3.8, 4) is 17.2 Å². The Bertz CT molecular complexity index is 1370. The zero-order chi connectivity index (χ0) is 25.6. The van der Waals surface area contributed by atoms with Gasteiger partial charge in [0.2, 0.25) is 0 Å². The van der Waals surface area contributed by atoms with E-state index >= 15 is 0 Å². The van der Waals surface area contributed by atoms with E-state index in [1.54, 1.807) is 0 Å². The molecule has 0 radical (unpaired) electrons. The van der Waals surface area contributed by atoms with Gasteiger partial charge < -0.3 is 20.5 Å². The van der Waals surface area contributed by atoms with E-state index in [2.05, 4.69) is 15.3 Å². The molecule has 1 saturated carbocycles. The van der Waals surface area contributed by atoms with Crippen molar-refractivity contribution in [2.75, 3.05) is 11.1 Å². The van der Waals surface area contributed by atoms with Crippen LogP contribution in [0.15, 0.2) is 79.1 Å². The molecule has 37 heavy (non-hydrogen) atoms. The van der Waals surface area contributed by atoms with Crippen LogP contribution in [-0.2, 0) is 6.61 Å². The molecule has 188 valence electrons. The zero-order valence-electron chi connectivity index (χ0n) is 20.3. The minimum absolute atomic E-state index is 0.266. The maximum Gasteiger partial charge on any atom is 0.141 e. The van der Waals surface area contributed by atoms with E-state index in [4.69, 9.17) is 32.2 Å². The normalized spacial score (nSPS) is 13.3. The van der Waals surface area contributed by atoms with E-state index < -0.39 is 0 Å². The third kappa shape index (κ3) is 6.19. The first-order valence-corrected chi connectivity index (χ1v) is 12.6. The number of rotatable bonds is 9. The summed E-state index contributed by atoms with van der Waals surface area (Å²) in [7, 11) is 0. The maximum absolute atomic E-state index is 8.81. The van der Waals surface area contributed by atoms with Crippen molar-refractivity contribution in [1.82, 2.24) is 9.97 Å². The Hall–Kier alpha value is -4.10. The van der Waals surface area contributed by atoms with Crippen LogP contribution >= 0.6 is 11.6 Å². The first-order valence-electron chi connectivity index (χ1n) is 12.3. The number of nitrogens with zero attached hydrogens (tertiary/aromatic N) is 2. The Kier molecular flexibility index (Phi) is 7.51. The van der Waals surface area contributed by atoms with E-state index in [1.807, 2.05) is 72.8 Å². The van der Waals surface area contributed by atoms with Crippen molar-refractivity contribution in [3.63, 3.8) is 0 Å². The first-order chi connectivity index (χ1) is 18.0. The number of anilines is 2.